The SMILES string of the molecule is CCCOc1ccc(C(CS(=O)CC(C)C)NC)cc1. The Hall–Kier alpha value is -0.870. The van der Waals surface area contributed by atoms with Crippen LogP contribution >= 0.6 is 0 Å². The smallest absolute Gasteiger partial charge is 0.119 e. The Morgan fingerprint density at radius 2 is 1.85 bits per heavy atom. The first kappa shape index (κ1) is 17.2. The lowest BCUT2D eigenvalue weighted by atomic mass is 10.1. The van der Waals surface area contributed by atoms with Gasteiger partial charge in [-0.2, -0.15) is 0 Å². The van der Waals surface area contributed by atoms with Crippen molar-refractivity contribution in [3.8, 4) is 5.75 Å². The zero-order valence-electron chi connectivity index (χ0n) is 13.0. The second-order valence-corrected chi connectivity index (χ2v) is 6.97. The highest BCUT2D eigenvalue weighted by Crippen LogP contribution is 2.19. The van der Waals surface area contributed by atoms with E-state index in [9.17, 15) is 4.21 Å². The predicted molar refractivity (Wildman–Crippen MR) is 86.7 cm³/mol. The van der Waals surface area contributed by atoms with Gasteiger partial charge in [0.25, 0.3) is 0 Å². The van der Waals surface area contributed by atoms with E-state index in [2.05, 4.69) is 38.2 Å². The molecule has 3 nitrogen and oxygen atoms in total. The van der Waals surface area contributed by atoms with E-state index in [1.165, 1.54) is 0 Å². The number of rotatable bonds is 9. The number of benzene rings is 1. The van der Waals surface area contributed by atoms with Crippen molar-refractivity contribution in [1.82, 2.24) is 5.32 Å². The molecule has 0 aliphatic heterocycles. The molecule has 114 valence electrons. The zero-order valence-corrected chi connectivity index (χ0v) is 13.8. The maximum absolute atomic E-state index is 12.1. The summed E-state index contributed by atoms with van der Waals surface area (Å²) in [6.07, 6.45) is 1.01. The average molecular weight is 297 g/mol. The molecule has 20 heavy (non-hydrogen) atoms. The molecule has 1 aromatic rings. The van der Waals surface area contributed by atoms with Crippen molar-refractivity contribution in [3.63, 3.8) is 0 Å². The molecule has 0 heterocycles. The Morgan fingerprint density at radius 3 is 2.35 bits per heavy atom. The first-order valence-electron chi connectivity index (χ1n) is 7.31. The largest absolute Gasteiger partial charge is 0.494 e. The van der Waals surface area contributed by atoms with Crippen LogP contribution in [0.3, 0.4) is 0 Å². The minimum Gasteiger partial charge on any atom is -0.494 e. The molecule has 1 aromatic carbocycles. The van der Waals surface area contributed by atoms with E-state index in [1.54, 1.807) is 0 Å². The van der Waals surface area contributed by atoms with E-state index in [4.69, 9.17) is 4.74 Å². The van der Waals surface area contributed by atoms with E-state index in [-0.39, 0.29) is 6.04 Å². The number of nitrogens with one attached hydrogen (secondary N) is 1. The fourth-order valence-electron chi connectivity index (χ4n) is 1.99. The van der Waals surface area contributed by atoms with Gasteiger partial charge in [0, 0.05) is 28.3 Å². The van der Waals surface area contributed by atoms with E-state index in [1.807, 2.05) is 19.2 Å². The van der Waals surface area contributed by atoms with Gasteiger partial charge in [-0.25, -0.2) is 0 Å². The maximum Gasteiger partial charge on any atom is 0.119 e. The topological polar surface area (TPSA) is 38.3 Å². The van der Waals surface area contributed by atoms with Crippen molar-refractivity contribution in [2.24, 2.45) is 5.92 Å². The summed E-state index contributed by atoms with van der Waals surface area (Å²) in [6, 6.07) is 8.22. The second kappa shape index (κ2) is 9.14. The van der Waals surface area contributed by atoms with Gasteiger partial charge < -0.3 is 10.1 Å². The highest BCUT2D eigenvalue weighted by molar-refractivity contribution is 7.85. The number of hydrogen-bond donors (Lipinski definition) is 1. The standard InChI is InChI=1S/C16H27NO2S/c1-5-10-19-15-8-6-14(7-9-15)16(17-4)12-20(18)11-13(2)3/h6-9,13,16-17H,5,10-12H2,1-4H3. The summed E-state index contributed by atoms with van der Waals surface area (Å²) in [7, 11) is 1.13. The van der Waals surface area contributed by atoms with Gasteiger partial charge >= 0.3 is 0 Å². The summed E-state index contributed by atoms with van der Waals surface area (Å²) in [4.78, 5) is 0. The Labute approximate surface area is 125 Å². The fraction of sp³-hybridized carbons (Fsp3) is 0.625. The first-order chi connectivity index (χ1) is 9.56. The molecular weight excluding hydrogens is 270 g/mol. The molecule has 0 fully saturated rings. The molecule has 4 heteroatoms. The van der Waals surface area contributed by atoms with Crippen LogP contribution in [0.1, 0.15) is 38.8 Å². The van der Waals surface area contributed by atoms with Crippen molar-refractivity contribution in [3.05, 3.63) is 29.8 Å². The van der Waals surface area contributed by atoms with Crippen molar-refractivity contribution in [2.45, 2.75) is 33.2 Å². The van der Waals surface area contributed by atoms with E-state index in [0.29, 0.717) is 11.7 Å². The second-order valence-electron chi connectivity index (χ2n) is 5.43. The average Bonchev–Trinajstić information content (AvgIpc) is 2.42. The van der Waals surface area contributed by atoms with Crippen LogP contribution in [0.25, 0.3) is 0 Å². The van der Waals surface area contributed by atoms with E-state index >= 15 is 0 Å². The fourth-order valence-corrected chi connectivity index (χ4v) is 3.60. The molecule has 0 aromatic heterocycles. The lowest BCUT2D eigenvalue weighted by molar-refractivity contribution is 0.317. The quantitative estimate of drug-likeness (QED) is 0.761. The minimum absolute atomic E-state index is 0.134. The molecule has 1 rings (SSSR count). The Morgan fingerprint density at radius 1 is 1.20 bits per heavy atom. The van der Waals surface area contributed by atoms with Crippen LogP contribution in [0, 0.1) is 5.92 Å². The van der Waals surface area contributed by atoms with Gasteiger partial charge in [-0.1, -0.05) is 32.9 Å². The van der Waals surface area contributed by atoms with Crippen LogP contribution in [-0.2, 0) is 10.8 Å². The van der Waals surface area contributed by atoms with Crippen molar-refractivity contribution in [2.75, 3.05) is 25.2 Å². The number of hydrogen-bond acceptors (Lipinski definition) is 3. The molecule has 0 aliphatic carbocycles. The Balaban J connectivity index is 2.62. The molecule has 2 atom stereocenters. The monoisotopic (exact) mass is 297 g/mol. The third-order valence-electron chi connectivity index (χ3n) is 2.98. The van der Waals surface area contributed by atoms with E-state index in [0.717, 1.165) is 30.1 Å². The minimum atomic E-state index is -0.785. The molecule has 0 bridgehead atoms. The molecule has 0 saturated heterocycles. The van der Waals surface area contributed by atoms with Gasteiger partial charge in [-0.3, -0.25) is 4.21 Å². The molecule has 1 N–H and O–H groups in total. The highest BCUT2D eigenvalue weighted by Gasteiger charge is 2.14. The summed E-state index contributed by atoms with van der Waals surface area (Å²) in [6.45, 7) is 7.04. The maximum atomic E-state index is 12.1. The molecular formula is C16H27NO2S. The highest BCUT2D eigenvalue weighted by atomic mass is 32.2. The molecule has 2 unspecified atom stereocenters. The summed E-state index contributed by atoms with van der Waals surface area (Å²) >= 11 is 0. The summed E-state index contributed by atoms with van der Waals surface area (Å²) < 4.78 is 17.6. The van der Waals surface area contributed by atoms with Crippen molar-refractivity contribution >= 4 is 10.8 Å². The van der Waals surface area contributed by atoms with Crippen molar-refractivity contribution in [1.29, 1.82) is 0 Å². The summed E-state index contributed by atoms with van der Waals surface area (Å²) in [5.74, 6) is 2.78. The summed E-state index contributed by atoms with van der Waals surface area (Å²) in [5, 5.41) is 3.25. The van der Waals surface area contributed by atoms with Gasteiger partial charge in [0.1, 0.15) is 5.75 Å². The number of ether oxygens (including phenoxy) is 1. The molecule has 0 amide bonds. The third-order valence-corrected chi connectivity index (χ3v) is 4.72. The lowest BCUT2D eigenvalue weighted by Gasteiger charge is -2.17. The Bertz CT molecular complexity index is 403. The van der Waals surface area contributed by atoms with Crippen LogP contribution in [0.5, 0.6) is 5.75 Å². The van der Waals surface area contributed by atoms with Crippen LogP contribution in [0.2, 0.25) is 0 Å². The predicted octanol–water partition coefficient (Wildman–Crippen LogP) is 3.14. The van der Waals surface area contributed by atoms with Gasteiger partial charge in [-0.15, -0.1) is 0 Å². The lowest BCUT2D eigenvalue weighted by Crippen LogP contribution is -2.24. The van der Waals surface area contributed by atoms with Crippen LogP contribution in [0.4, 0.5) is 0 Å². The van der Waals surface area contributed by atoms with Gasteiger partial charge in [-0.05, 0) is 37.1 Å². The normalized spacial score (nSPS) is 14.2. The third kappa shape index (κ3) is 6.06. The zero-order chi connectivity index (χ0) is 15.0. The van der Waals surface area contributed by atoms with Crippen LogP contribution in [0.15, 0.2) is 24.3 Å². The van der Waals surface area contributed by atoms with Gasteiger partial charge in [0.05, 0.1) is 6.61 Å². The molecule has 0 radical (unpaired) electrons. The van der Waals surface area contributed by atoms with Crippen molar-refractivity contribution < 1.29 is 8.95 Å². The Kier molecular flexibility index (Phi) is 7.85. The molecule has 0 spiro atoms. The first-order valence-corrected chi connectivity index (χ1v) is 8.80. The molecule has 0 saturated carbocycles. The van der Waals surface area contributed by atoms with Gasteiger partial charge in [0.2, 0.25) is 0 Å². The van der Waals surface area contributed by atoms with Gasteiger partial charge in [0.15, 0.2) is 0 Å². The molecule has 0 aliphatic rings. The van der Waals surface area contributed by atoms with Crippen LogP contribution < -0.4 is 10.1 Å². The van der Waals surface area contributed by atoms with Crippen LogP contribution in [-0.4, -0.2) is 29.4 Å². The van der Waals surface area contributed by atoms with E-state index < -0.39 is 10.8 Å². The summed E-state index contributed by atoms with van der Waals surface area (Å²) in [5.41, 5.74) is 1.16.